The van der Waals surface area contributed by atoms with Crippen LogP contribution in [0.2, 0.25) is 0 Å². The molecule has 4 nitrogen and oxygen atoms in total. The van der Waals surface area contributed by atoms with Gasteiger partial charge in [-0.1, -0.05) is 0 Å². The maximum absolute atomic E-state index is 5.17. The minimum absolute atomic E-state index is 0.630. The predicted molar refractivity (Wildman–Crippen MR) is 52.8 cm³/mol. The van der Waals surface area contributed by atoms with E-state index in [1.807, 2.05) is 19.1 Å². The summed E-state index contributed by atoms with van der Waals surface area (Å²) in [7, 11) is 0. The molecular formula is C10H11N3O. The van der Waals surface area contributed by atoms with Crippen molar-refractivity contribution in [1.82, 2.24) is 9.97 Å². The Labute approximate surface area is 82.0 Å². The lowest BCUT2D eigenvalue weighted by Crippen LogP contribution is -2.00. The number of aryl methyl sites for hydroxylation is 1. The van der Waals surface area contributed by atoms with Gasteiger partial charge in [0.2, 0.25) is 0 Å². The molecule has 0 aliphatic heterocycles. The van der Waals surface area contributed by atoms with Crippen molar-refractivity contribution in [2.45, 2.75) is 13.5 Å². The molecule has 2 aromatic heterocycles. The van der Waals surface area contributed by atoms with Gasteiger partial charge in [-0.05, 0) is 19.1 Å². The Morgan fingerprint density at radius 2 is 2.29 bits per heavy atom. The first-order valence-electron chi connectivity index (χ1n) is 4.39. The number of anilines is 1. The lowest BCUT2D eigenvalue weighted by molar-refractivity contribution is 0.518. The topological polar surface area (TPSA) is 51.0 Å². The van der Waals surface area contributed by atoms with Crippen molar-refractivity contribution in [2.75, 3.05) is 5.32 Å². The molecule has 0 spiro atoms. The summed E-state index contributed by atoms with van der Waals surface area (Å²) in [6, 6.07) is 3.77. The second kappa shape index (κ2) is 3.91. The van der Waals surface area contributed by atoms with Gasteiger partial charge >= 0.3 is 0 Å². The molecule has 72 valence electrons. The summed E-state index contributed by atoms with van der Waals surface area (Å²) in [5.74, 6) is 1.64. The van der Waals surface area contributed by atoms with E-state index in [1.165, 1.54) is 0 Å². The SMILES string of the molecule is Cc1cnc(NCc2ccco2)cn1. The third-order valence-electron chi connectivity index (χ3n) is 1.80. The van der Waals surface area contributed by atoms with E-state index in [4.69, 9.17) is 4.42 Å². The monoisotopic (exact) mass is 189 g/mol. The van der Waals surface area contributed by atoms with Crippen LogP contribution in [0.15, 0.2) is 35.2 Å². The summed E-state index contributed by atoms with van der Waals surface area (Å²) in [5, 5.41) is 3.11. The highest BCUT2D eigenvalue weighted by Crippen LogP contribution is 2.05. The quantitative estimate of drug-likeness (QED) is 0.802. The van der Waals surface area contributed by atoms with E-state index in [2.05, 4.69) is 15.3 Å². The van der Waals surface area contributed by atoms with Crippen molar-refractivity contribution in [3.63, 3.8) is 0 Å². The first-order valence-corrected chi connectivity index (χ1v) is 4.39. The zero-order chi connectivity index (χ0) is 9.80. The van der Waals surface area contributed by atoms with Crippen molar-refractivity contribution >= 4 is 5.82 Å². The number of aromatic nitrogens is 2. The Morgan fingerprint density at radius 3 is 2.93 bits per heavy atom. The highest BCUT2D eigenvalue weighted by atomic mass is 16.3. The van der Waals surface area contributed by atoms with E-state index in [0.29, 0.717) is 6.54 Å². The fraction of sp³-hybridized carbons (Fsp3) is 0.200. The minimum atomic E-state index is 0.630. The number of hydrogen-bond donors (Lipinski definition) is 1. The third kappa shape index (κ3) is 2.10. The van der Waals surface area contributed by atoms with E-state index < -0.39 is 0 Å². The maximum atomic E-state index is 5.17. The summed E-state index contributed by atoms with van der Waals surface area (Å²) >= 11 is 0. The molecule has 0 unspecified atom stereocenters. The molecule has 0 fully saturated rings. The lowest BCUT2D eigenvalue weighted by atomic mass is 10.4. The molecule has 2 aromatic rings. The number of nitrogens with one attached hydrogen (secondary N) is 1. The zero-order valence-corrected chi connectivity index (χ0v) is 7.90. The molecule has 14 heavy (non-hydrogen) atoms. The highest BCUT2D eigenvalue weighted by molar-refractivity contribution is 5.31. The molecule has 2 heterocycles. The van der Waals surface area contributed by atoms with Crippen molar-refractivity contribution in [3.05, 3.63) is 42.2 Å². The molecule has 0 atom stereocenters. The van der Waals surface area contributed by atoms with Crippen LogP contribution in [-0.4, -0.2) is 9.97 Å². The van der Waals surface area contributed by atoms with Gasteiger partial charge in [0, 0.05) is 0 Å². The van der Waals surface area contributed by atoms with Crippen LogP contribution >= 0.6 is 0 Å². The Bertz CT molecular complexity index is 380. The Morgan fingerprint density at radius 1 is 1.36 bits per heavy atom. The van der Waals surface area contributed by atoms with Crippen LogP contribution in [0.3, 0.4) is 0 Å². The van der Waals surface area contributed by atoms with Crippen LogP contribution in [-0.2, 0) is 6.54 Å². The highest BCUT2D eigenvalue weighted by Gasteiger charge is 1.96. The Hall–Kier alpha value is -1.84. The molecule has 0 bridgehead atoms. The first-order chi connectivity index (χ1) is 6.84. The molecule has 0 saturated heterocycles. The standard InChI is InChI=1S/C10H11N3O/c1-8-5-12-10(7-11-8)13-6-9-3-2-4-14-9/h2-5,7H,6H2,1H3,(H,12,13). The molecule has 1 N–H and O–H groups in total. The van der Waals surface area contributed by atoms with Crippen molar-refractivity contribution in [2.24, 2.45) is 0 Å². The van der Waals surface area contributed by atoms with Gasteiger partial charge < -0.3 is 9.73 Å². The van der Waals surface area contributed by atoms with E-state index in [0.717, 1.165) is 17.3 Å². The molecule has 0 aromatic carbocycles. The molecule has 0 aliphatic rings. The van der Waals surface area contributed by atoms with Crippen LogP contribution in [0.4, 0.5) is 5.82 Å². The molecule has 2 rings (SSSR count). The first kappa shape index (κ1) is 8.74. The summed E-state index contributed by atoms with van der Waals surface area (Å²) < 4.78 is 5.17. The van der Waals surface area contributed by atoms with Crippen LogP contribution in [0, 0.1) is 6.92 Å². The lowest BCUT2D eigenvalue weighted by Gasteiger charge is -2.02. The van der Waals surface area contributed by atoms with Gasteiger partial charge in [-0.2, -0.15) is 0 Å². The fourth-order valence-corrected chi connectivity index (χ4v) is 1.07. The van der Waals surface area contributed by atoms with E-state index in [-0.39, 0.29) is 0 Å². The number of furan rings is 1. The number of nitrogens with zero attached hydrogens (tertiary/aromatic N) is 2. The van der Waals surface area contributed by atoms with Crippen LogP contribution in [0.25, 0.3) is 0 Å². The van der Waals surface area contributed by atoms with Gasteiger partial charge in [-0.3, -0.25) is 4.98 Å². The van der Waals surface area contributed by atoms with Gasteiger partial charge in [0.15, 0.2) is 0 Å². The van der Waals surface area contributed by atoms with Gasteiger partial charge in [0.05, 0.1) is 30.9 Å². The Kier molecular flexibility index (Phi) is 2.44. The summed E-state index contributed by atoms with van der Waals surface area (Å²) in [6.07, 6.45) is 5.08. The molecule has 4 heteroatoms. The molecule has 0 amide bonds. The summed E-state index contributed by atoms with van der Waals surface area (Å²) in [6.45, 7) is 2.54. The zero-order valence-electron chi connectivity index (χ0n) is 7.90. The van der Waals surface area contributed by atoms with E-state index >= 15 is 0 Å². The maximum Gasteiger partial charge on any atom is 0.144 e. The molecular weight excluding hydrogens is 178 g/mol. The van der Waals surface area contributed by atoms with Crippen LogP contribution in [0.5, 0.6) is 0 Å². The smallest absolute Gasteiger partial charge is 0.144 e. The fourth-order valence-electron chi connectivity index (χ4n) is 1.07. The second-order valence-electron chi connectivity index (χ2n) is 2.98. The molecule has 0 radical (unpaired) electrons. The minimum Gasteiger partial charge on any atom is -0.467 e. The van der Waals surface area contributed by atoms with E-state index in [1.54, 1.807) is 18.7 Å². The average molecular weight is 189 g/mol. The third-order valence-corrected chi connectivity index (χ3v) is 1.80. The molecule has 0 aliphatic carbocycles. The average Bonchev–Trinajstić information content (AvgIpc) is 2.70. The summed E-state index contributed by atoms with van der Waals surface area (Å²) in [5.41, 5.74) is 0.911. The normalized spacial score (nSPS) is 10.1. The van der Waals surface area contributed by atoms with Gasteiger partial charge in [-0.25, -0.2) is 4.98 Å². The predicted octanol–water partition coefficient (Wildman–Crippen LogP) is 1.99. The van der Waals surface area contributed by atoms with Gasteiger partial charge in [0.25, 0.3) is 0 Å². The van der Waals surface area contributed by atoms with Gasteiger partial charge in [-0.15, -0.1) is 0 Å². The van der Waals surface area contributed by atoms with Crippen molar-refractivity contribution < 1.29 is 4.42 Å². The van der Waals surface area contributed by atoms with Crippen molar-refractivity contribution in [3.8, 4) is 0 Å². The van der Waals surface area contributed by atoms with E-state index in [9.17, 15) is 0 Å². The number of rotatable bonds is 3. The van der Waals surface area contributed by atoms with Crippen LogP contribution < -0.4 is 5.32 Å². The largest absolute Gasteiger partial charge is 0.467 e. The van der Waals surface area contributed by atoms with Crippen molar-refractivity contribution in [1.29, 1.82) is 0 Å². The van der Waals surface area contributed by atoms with Gasteiger partial charge in [0.1, 0.15) is 11.6 Å². The second-order valence-corrected chi connectivity index (χ2v) is 2.98. The number of hydrogen-bond acceptors (Lipinski definition) is 4. The Balaban J connectivity index is 1.95. The summed E-state index contributed by atoms with van der Waals surface area (Å²) in [4.78, 5) is 8.29. The van der Waals surface area contributed by atoms with Crippen LogP contribution in [0.1, 0.15) is 11.5 Å². The molecule has 0 saturated carbocycles.